The Kier molecular flexibility index (Phi) is 4.64. The van der Waals surface area contributed by atoms with E-state index in [0.29, 0.717) is 38.7 Å². The normalized spacial score (nSPS) is 10.8. The Labute approximate surface area is 147 Å². The van der Waals surface area contributed by atoms with Crippen molar-refractivity contribution in [2.75, 3.05) is 5.32 Å². The van der Waals surface area contributed by atoms with Gasteiger partial charge < -0.3 is 9.84 Å². The summed E-state index contributed by atoms with van der Waals surface area (Å²) in [5.74, 6) is 1.08. The molecule has 3 heterocycles. The number of nitrogens with one attached hydrogen (secondary N) is 1. The number of hydrogen-bond acceptors (Lipinski definition) is 6. The molecule has 0 spiro atoms. The van der Waals surface area contributed by atoms with Gasteiger partial charge in [0.1, 0.15) is 5.82 Å². The lowest BCUT2D eigenvalue weighted by Crippen LogP contribution is -2.13. The largest absolute Gasteiger partial charge is 0.339 e. The van der Waals surface area contributed by atoms with Gasteiger partial charge in [-0.25, -0.2) is 4.98 Å². The van der Waals surface area contributed by atoms with E-state index < -0.39 is 0 Å². The molecule has 0 radical (unpaired) electrons. The Morgan fingerprint density at radius 2 is 2.12 bits per heavy atom. The van der Waals surface area contributed by atoms with Crippen LogP contribution in [-0.4, -0.2) is 21.0 Å². The van der Waals surface area contributed by atoms with Crippen molar-refractivity contribution in [1.82, 2.24) is 15.1 Å². The molecule has 3 aromatic rings. The fourth-order valence-electron chi connectivity index (χ4n) is 2.31. The quantitative estimate of drug-likeness (QED) is 0.749. The average molecular weight is 363 g/mol. The van der Waals surface area contributed by atoms with Crippen LogP contribution in [0.4, 0.5) is 5.82 Å². The van der Waals surface area contributed by atoms with E-state index in [-0.39, 0.29) is 5.91 Å². The zero-order valence-corrected chi connectivity index (χ0v) is 15.0. The molecule has 0 saturated carbocycles. The number of carbonyl (C=O) groups is 1. The molecule has 1 N–H and O–H groups in total. The van der Waals surface area contributed by atoms with Crippen molar-refractivity contribution in [1.29, 1.82) is 0 Å². The minimum absolute atomic E-state index is 0.273. The van der Waals surface area contributed by atoms with Crippen molar-refractivity contribution in [3.63, 3.8) is 0 Å². The Hall–Kier alpha value is -2.25. The van der Waals surface area contributed by atoms with Crippen LogP contribution < -0.4 is 5.32 Å². The van der Waals surface area contributed by atoms with Gasteiger partial charge in [-0.15, -0.1) is 11.3 Å². The van der Waals surface area contributed by atoms with E-state index >= 15 is 0 Å². The zero-order chi connectivity index (χ0) is 17.3. The number of aromatic nitrogens is 3. The Bertz CT molecular complexity index is 903. The van der Waals surface area contributed by atoms with E-state index in [1.807, 2.05) is 26.8 Å². The highest BCUT2D eigenvalue weighted by Crippen LogP contribution is 2.30. The number of carbonyl (C=O) groups excluding carboxylic acids is 1. The molecule has 6 nitrogen and oxygen atoms in total. The fraction of sp³-hybridized carbons (Fsp3) is 0.250. The van der Waals surface area contributed by atoms with Crippen LogP contribution in [0.3, 0.4) is 0 Å². The molecule has 0 aliphatic rings. The molecule has 3 rings (SSSR count). The first-order valence-electron chi connectivity index (χ1n) is 7.35. The smallest absolute Gasteiger partial charge is 0.266 e. The monoisotopic (exact) mass is 362 g/mol. The number of rotatable bonds is 4. The standard InChI is InChI=1S/C16H15ClN4O2S/c1-4-12-19-15(21-23-12)13-8(2)7-9(3)18-14(13)20-16(22)10-5-6-11(17)24-10/h5-7H,4H2,1-3H3,(H,18,20,22). The third kappa shape index (κ3) is 3.32. The van der Waals surface area contributed by atoms with Crippen molar-refractivity contribution < 1.29 is 9.32 Å². The maximum atomic E-state index is 12.4. The summed E-state index contributed by atoms with van der Waals surface area (Å²) in [7, 11) is 0. The van der Waals surface area contributed by atoms with Crippen molar-refractivity contribution in [3.8, 4) is 11.4 Å². The minimum atomic E-state index is -0.273. The van der Waals surface area contributed by atoms with Crippen molar-refractivity contribution >= 4 is 34.7 Å². The van der Waals surface area contributed by atoms with E-state index in [0.717, 1.165) is 11.3 Å². The predicted molar refractivity (Wildman–Crippen MR) is 93.7 cm³/mol. The van der Waals surface area contributed by atoms with Gasteiger partial charge in [-0.2, -0.15) is 4.98 Å². The van der Waals surface area contributed by atoms with Crippen LogP contribution in [0.25, 0.3) is 11.4 Å². The first-order chi connectivity index (χ1) is 11.5. The molecule has 3 aromatic heterocycles. The summed E-state index contributed by atoms with van der Waals surface area (Å²) < 4.78 is 5.74. The summed E-state index contributed by atoms with van der Waals surface area (Å²) in [6, 6.07) is 5.27. The van der Waals surface area contributed by atoms with Gasteiger partial charge in [0.05, 0.1) is 14.8 Å². The molecule has 0 bridgehead atoms. The second-order valence-electron chi connectivity index (χ2n) is 5.23. The zero-order valence-electron chi connectivity index (χ0n) is 13.4. The van der Waals surface area contributed by atoms with E-state index in [1.165, 1.54) is 11.3 Å². The molecule has 0 atom stereocenters. The Morgan fingerprint density at radius 3 is 2.75 bits per heavy atom. The fourth-order valence-corrected chi connectivity index (χ4v) is 3.25. The number of halogens is 1. The lowest BCUT2D eigenvalue weighted by atomic mass is 10.1. The van der Waals surface area contributed by atoms with Gasteiger partial charge in [-0.1, -0.05) is 23.7 Å². The molecular weight excluding hydrogens is 348 g/mol. The first kappa shape index (κ1) is 16.6. The molecule has 0 aliphatic heterocycles. The van der Waals surface area contributed by atoms with Crippen LogP contribution in [0.1, 0.15) is 33.7 Å². The van der Waals surface area contributed by atoms with Gasteiger partial charge in [-0.3, -0.25) is 4.79 Å². The van der Waals surface area contributed by atoms with Crippen LogP contribution in [0.2, 0.25) is 4.34 Å². The van der Waals surface area contributed by atoms with Crippen molar-refractivity contribution in [2.24, 2.45) is 0 Å². The molecular formula is C16H15ClN4O2S. The van der Waals surface area contributed by atoms with Gasteiger partial charge >= 0.3 is 0 Å². The highest BCUT2D eigenvalue weighted by molar-refractivity contribution is 7.18. The van der Waals surface area contributed by atoms with Crippen LogP contribution in [-0.2, 0) is 6.42 Å². The Balaban J connectivity index is 2.01. The number of nitrogens with zero attached hydrogens (tertiary/aromatic N) is 3. The predicted octanol–water partition coefficient (Wildman–Crippen LogP) is 4.28. The second-order valence-corrected chi connectivity index (χ2v) is 6.94. The number of pyridine rings is 1. The van der Waals surface area contributed by atoms with Crippen molar-refractivity contribution in [3.05, 3.63) is 44.6 Å². The van der Waals surface area contributed by atoms with Gasteiger partial charge in [-0.05, 0) is 37.6 Å². The molecule has 0 saturated heterocycles. The van der Waals surface area contributed by atoms with Crippen molar-refractivity contribution in [2.45, 2.75) is 27.2 Å². The van der Waals surface area contributed by atoms with E-state index in [1.54, 1.807) is 12.1 Å². The lowest BCUT2D eigenvalue weighted by molar-refractivity contribution is 0.103. The topological polar surface area (TPSA) is 80.9 Å². The van der Waals surface area contributed by atoms with Gasteiger partial charge in [0, 0.05) is 12.1 Å². The molecule has 24 heavy (non-hydrogen) atoms. The number of anilines is 1. The molecule has 0 fully saturated rings. The number of amides is 1. The summed E-state index contributed by atoms with van der Waals surface area (Å²) in [5, 5.41) is 6.82. The summed E-state index contributed by atoms with van der Waals surface area (Å²) >= 11 is 7.10. The second kappa shape index (κ2) is 6.70. The van der Waals surface area contributed by atoms with Gasteiger partial charge in [0.2, 0.25) is 11.7 Å². The maximum absolute atomic E-state index is 12.4. The molecule has 8 heteroatoms. The summed E-state index contributed by atoms with van der Waals surface area (Å²) in [6.07, 6.45) is 0.640. The van der Waals surface area contributed by atoms with Crippen LogP contribution >= 0.6 is 22.9 Å². The molecule has 0 aliphatic carbocycles. The minimum Gasteiger partial charge on any atom is -0.339 e. The number of hydrogen-bond donors (Lipinski definition) is 1. The van der Waals surface area contributed by atoms with Crippen LogP contribution in [0.15, 0.2) is 22.7 Å². The van der Waals surface area contributed by atoms with Gasteiger partial charge in [0.15, 0.2) is 0 Å². The molecule has 1 amide bonds. The van der Waals surface area contributed by atoms with Crippen LogP contribution in [0, 0.1) is 13.8 Å². The number of aryl methyl sites for hydroxylation is 3. The van der Waals surface area contributed by atoms with Crippen LogP contribution in [0.5, 0.6) is 0 Å². The average Bonchev–Trinajstić information content (AvgIpc) is 3.15. The number of thiophene rings is 1. The Morgan fingerprint density at radius 1 is 1.33 bits per heavy atom. The third-order valence-corrected chi connectivity index (χ3v) is 4.60. The summed E-state index contributed by atoms with van der Waals surface area (Å²) in [6.45, 7) is 5.71. The molecule has 124 valence electrons. The third-order valence-electron chi connectivity index (χ3n) is 3.37. The molecule has 0 unspecified atom stereocenters. The van der Waals surface area contributed by atoms with E-state index in [9.17, 15) is 4.79 Å². The lowest BCUT2D eigenvalue weighted by Gasteiger charge is -2.11. The maximum Gasteiger partial charge on any atom is 0.266 e. The van der Waals surface area contributed by atoms with E-state index in [4.69, 9.17) is 16.1 Å². The summed E-state index contributed by atoms with van der Waals surface area (Å²) in [5.41, 5.74) is 2.35. The highest BCUT2D eigenvalue weighted by atomic mass is 35.5. The SMILES string of the molecule is CCc1nc(-c2c(C)cc(C)nc2NC(=O)c2ccc(Cl)s2)no1. The first-order valence-corrected chi connectivity index (χ1v) is 8.55. The van der Waals surface area contributed by atoms with E-state index in [2.05, 4.69) is 20.4 Å². The summed E-state index contributed by atoms with van der Waals surface area (Å²) in [4.78, 5) is 21.7. The highest BCUT2D eigenvalue weighted by Gasteiger charge is 2.19. The molecule has 0 aromatic carbocycles. The van der Waals surface area contributed by atoms with Gasteiger partial charge in [0.25, 0.3) is 5.91 Å².